The van der Waals surface area contributed by atoms with Gasteiger partial charge in [-0.1, -0.05) is 6.07 Å². The molecule has 0 aliphatic carbocycles. The third kappa shape index (κ3) is 4.98. The lowest BCUT2D eigenvalue weighted by Crippen LogP contribution is -2.27. The number of hydrogen-bond donors (Lipinski definition) is 3. The smallest absolute Gasteiger partial charge is 0.390 e. The van der Waals surface area contributed by atoms with Crippen molar-refractivity contribution < 1.29 is 32.6 Å². The quantitative estimate of drug-likeness (QED) is 0.726. The predicted molar refractivity (Wildman–Crippen MR) is 65.7 cm³/mol. The zero-order chi connectivity index (χ0) is 16.2. The van der Waals surface area contributed by atoms with Crippen molar-refractivity contribution >= 4 is 5.91 Å². The van der Waals surface area contributed by atoms with Gasteiger partial charge in [0.25, 0.3) is 0 Å². The summed E-state index contributed by atoms with van der Waals surface area (Å²) < 4.78 is 50.8. The van der Waals surface area contributed by atoms with Gasteiger partial charge in [-0.05, 0) is 24.1 Å². The minimum atomic E-state index is -4.89. The van der Waals surface area contributed by atoms with Crippen molar-refractivity contribution in [1.82, 2.24) is 5.32 Å². The molecule has 0 aromatic heterocycles. The Labute approximate surface area is 118 Å². The van der Waals surface area contributed by atoms with Crippen LogP contribution in [0.25, 0.3) is 0 Å². The molecule has 0 fully saturated rings. The zero-order valence-corrected chi connectivity index (χ0v) is 11.1. The first kappa shape index (κ1) is 17.4. The van der Waals surface area contributed by atoms with Gasteiger partial charge in [-0.3, -0.25) is 4.79 Å². The summed E-state index contributed by atoms with van der Waals surface area (Å²) in [4.78, 5) is 10.6. The Morgan fingerprint density at radius 2 is 1.95 bits per heavy atom. The molecule has 0 saturated heterocycles. The molecule has 3 N–H and O–H groups in total. The van der Waals surface area contributed by atoms with Crippen LogP contribution in [-0.4, -0.2) is 28.8 Å². The maximum absolute atomic E-state index is 13.1. The highest BCUT2D eigenvalue weighted by atomic mass is 19.4. The standard InChI is InChI=1S/C13H15F4NO3/c1-7(19)18-5-4-11(20)12(21)8-2-3-10(14)9(6-8)13(15,16)17/h2-3,6,11-12,20-21H,4-5H2,1H3,(H,18,19). The Morgan fingerprint density at radius 3 is 2.48 bits per heavy atom. The first-order chi connectivity index (χ1) is 9.62. The minimum Gasteiger partial charge on any atom is -0.390 e. The number of benzene rings is 1. The van der Waals surface area contributed by atoms with E-state index in [1.807, 2.05) is 0 Å². The van der Waals surface area contributed by atoms with Gasteiger partial charge in [0, 0.05) is 13.5 Å². The molecule has 0 spiro atoms. The summed E-state index contributed by atoms with van der Waals surface area (Å²) in [5, 5.41) is 21.8. The summed E-state index contributed by atoms with van der Waals surface area (Å²) in [6, 6.07) is 2.01. The second-order valence-electron chi connectivity index (χ2n) is 4.52. The fourth-order valence-corrected chi connectivity index (χ4v) is 1.72. The Morgan fingerprint density at radius 1 is 1.33 bits per heavy atom. The molecule has 118 valence electrons. The summed E-state index contributed by atoms with van der Waals surface area (Å²) in [7, 11) is 0. The van der Waals surface area contributed by atoms with Crippen LogP contribution < -0.4 is 5.32 Å². The van der Waals surface area contributed by atoms with Crippen molar-refractivity contribution in [1.29, 1.82) is 0 Å². The molecule has 0 bridgehead atoms. The fraction of sp³-hybridized carbons (Fsp3) is 0.462. The van der Waals surface area contributed by atoms with Gasteiger partial charge in [0.15, 0.2) is 0 Å². The van der Waals surface area contributed by atoms with Crippen molar-refractivity contribution in [3.8, 4) is 0 Å². The molecule has 1 aromatic rings. The SMILES string of the molecule is CC(=O)NCCC(O)C(O)c1ccc(F)c(C(F)(F)F)c1. The van der Waals surface area contributed by atoms with Crippen molar-refractivity contribution in [3.05, 3.63) is 35.1 Å². The Balaban J connectivity index is 2.82. The third-order valence-corrected chi connectivity index (χ3v) is 2.82. The number of rotatable bonds is 5. The predicted octanol–water partition coefficient (Wildman–Crippen LogP) is 1.76. The van der Waals surface area contributed by atoms with Gasteiger partial charge in [0.2, 0.25) is 5.91 Å². The first-order valence-electron chi connectivity index (χ1n) is 6.10. The lowest BCUT2D eigenvalue weighted by Gasteiger charge is -2.19. The number of carbonyl (C=O) groups is 1. The van der Waals surface area contributed by atoms with E-state index in [-0.39, 0.29) is 24.4 Å². The molecule has 1 amide bonds. The van der Waals surface area contributed by atoms with Crippen LogP contribution >= 0.6 is 0 Å². The number of aliphatic hydroxyl groups is 2. The Hall–Kier alpha value is -1.67. The molecule has 0 radical (unpaired) electrons. The highest BCUT2D eigenvalue weighted by Crippen LogP contribution is 2.33. The van der Waals surface area contributed by atoms with Crippen molar-refractivity contribution in [2.24, 2.45) is 0 Å². The summed E-state index contributed by atoms with van der Waals surface area (Å²) >= 11 is 0. The molecule has 0 saturated carbocycles. The molecule has 21 heavy (non-hydrogen) atoms. The van der Waals surface area contributed by atoms with Gasteiger partial charge < -0.3 is 15.5 Å². The van der Waals surface area contributed by atoms with Crippen molar-refractivity contribution in [3.63, 3.8) is 0 Å². The average Bonchev–Trinajstić information content (AvgIpc) is 2.36. The maximum Gasteiger partial charge on any atom is 0.419 e. The van der Waals surface area contributed by atoms with Crippen LogP contribution in [0.5, 0.6) is 0 Å². The summed E-state index contributed by atoms with van der Waals surface area (Å²) in [6.07, 6.45) is -7.94. The molecule has 8 heteroatoms. The third-order valence-electron chi connectivity index (χ3n) is 2.82. The monoisotopic (exact) mass is 309 g/mol. The Bertz CT molecular complexity index is 505. The highest BCUT2D eigenvalue weighted by molar-refractivity contribution is 5.72. The number of carbonyl (C=O) groups excluding carboxylic acids is 1. The van der Waals surface area contributed by atoms with Crippen LogP contribution in [0.4, 0.5) is 17.6 Å². The van der Waals surface area contributed by atoms with Crippen LogP contribution in [0.1, 0.15) is 30.6 Å². The molecule has 2 atom stereocenters. The number of halogens is 4. The molecule has 0 aliphatic heterocycles. The van der Waals surface area contributed by atoms with Gasteiger partial charge in [0.05, 0.1) is 11.7 Å². The lowest BCUT2D eigenvalue weighted by atomic mass is 9.99. The van der Waals surface area contributed by atoms with E-state index in [0.29, 0.717) is 12.1 Å². The van der Waals surface area contributed by atoms with Gasteiger partial charge in [0.1, 0.15) is 11.9 Å². The molecular weight excluding hydrogens is 294 g/mol. The van der Waals surface area contributed by atoms with Gasteiger partial charge in [-0.25, -0.2) is 4.39 Å². The highest BCUT2D eigenvalue weighted by Gasteiger charge is 2.35. The zero-order valence-electron chi connectivity index (χ0n) is 11.1. The lowest BCUT2D eigenvalue weighted by molar-refractivity contribution is -0.140. The van der Waals surface area contributed by atoms with Crippen LogP contribution in [0, 0.1) is 5.82 Å². The van der Waals surface area contributed by atoms with E-state index < -0.39 is 29.8 Å². The maximum atomic E-state index is 13.1. The van der Waals surface area contributed by atoms with E-state index in [1.165, 1.54) is 6.92 Å². The van der Waals surface area contributed by atoms with Gasteiger partial charge in [-0.2, -0.15) is 13.2 Å². The summed E-state index contributed by atoms with van der Waals surface area (Å²) in [5.41, 5.74) is -1.76. The number of aliphatic hydroxyl groups excluding tert-OH is 2. The molecule has 0 aliphatic rings. The van der Waals surface area contributed by atoms with Crippen molar-refractivity contribution in [2.75, 3.05) is 6.54 Å². The van der Waals surface area contributed by atoms with E-state index in [4.69, 9.17) is 0 Å². The number of alkyl halides is 3. The van der Waals surface area contributed by atoms with E-state index in [1.54, 1.807) is 0 Å². The second kappa shape index (κ2) is 6.86. The fourth-order valence-electron chi connectivity index (χ4n) is 1.72. The van der Waals surface area contributed by atoms with E-state index in [0.717, 1.165) is 6.07 Å². The van der Waals surface area contributed by atoms with E-state index in [9.17, 15) is 32.6 Å². The van der Waals surface area contributed by atoms with Crippen LogP contribution in [0.15, 0.2) is 18.2 Å². The van der Waals surface area contributed by atoms with Crippen LogP contribution in [0.2, 0.25) is 0 Å². The normalized spacial score (nSPS) is 14.6. The number of hydrogen-bond acceptors (Lipinski definition) is 3. The molecule has 2 unspecified atom stereocenters. The molecule has 0 heterocycles. The van der Waals surface area contributed by atoms with E-state index in [2.05, 4.69) is 5.32 Å². The molecule has 1 rings (SSSR count). The minimum absolute atomic E-state index is 0.0561. The summed E-state index contributed by atoms with van der Waals surface area (Å²) in [5.74, 6) is -1.79. The van der Waals surface area contributed by atoms with Crippen LogP contribution in [0.3, 0.4) is 0 Å². The number of amides is 1. The second-order valence-corrected chi connectivity index (χ2v) is 4.52. The topological polar surface area (TPSA) is 69.6 Å². The number of nitrogens with one attached hydrogen (secondary N) is 1. The van der Waals surface area contributed by atoms with Gasteiger partial charge in [-0.15, -0.1) is 0 Å². The molecular formula is C13H15F4NO3. The average molecular weight is 309 g/mol. The first-order valence-corrected chi connectivity index (χ1v) is 6.10. The summed E-state index contributed by atoms with van der Waals surface area (Å²) in [6.45, 7) is 1.32. The largest absolute Gasteiger partial charge is 0.419 e. The van der Waals surface area contributed by atoms with Crippen molar-refractivity contribution in [2.45, 2.75) is 31.7 Å². The Kier molecular flexibility index (Phi) is 5.68. The van der Waals surface area contributed by atoms with Gasteiger partial charge >= 0.3 is 6.18 Å². The molecule has 4 nitrogen and oxygen atoms in total. The molecule has 1 aromatic carbocycles. The van der Waals surface area contributed by atoms with Crippen LogP contribution in [-0.2, 0) is 11.0 Å². The van der Waals surface area contributed by atoms with E-state index >= 15 is 0 Å².